The number of nitrogens with two attached hydrogens (primary N) is 1. The van der Waals surface area contributed by atoms with Crippen LogP contribution in [-0.2, 0) is 16.0 Å². The van der Waals surface area contributed by atoms with Gasteiger partial charge in [-0.25, -0.2) is 9.18 Å². The van der Waals surface area contributed by atoms with E-state index in [1.807, 2.05) is 24.3 Å². The molecule has 2 amide bonds. The van der Waals surface area contributed by atoms with Crippen molar-refractivity contribution in [2.75, 3.05) is 0 Å². The summed E-state index contributed by atoms with van der Waals surface area (Å²) in [5.41, 5.74) is 8.55. The molecule has 3 N–H and O–H groups in total. The quantitative estimate of drug-likeness (QED) is 0.335. The first-order chi connectivity index (χ1) is 17.9. The van der Waals surface area contributed by atoms with Gasteiger partial charge < -0.3 is 15.7 Å². The zero-order valence-corrected chi connectivity index (χ0v) is 22.3. The average molecular weight is 519 g/mol. The van der Waals surface area contributed by atoms with E-state index >= 15 is 0 Å². The maximum atomic E-state index is 13.9. The topological polar surface area (TPSA) is 101 Å². The van der Waals surface area contributed by atoms with E-state index in [4.69, 9.17) is 5.73 Å². The Morgan fingerprint density at radius 3 is 2.13 bits per heavy atom. The number of amides is 2. The van der Waals surface area contributed by atoms with Gasteiger partial charge in [-0.1, -0.05) is 62.4 Å². The van der Waals surface area contributed by atoms with Crippen LogP contribution in [0.1, 0.15) is 67.9 Å². The van der Waals surface area contributed by atoms with Crippen LogP contribution in [0.3, 0.4) is 0 Å². The number of carbonyl (C=O) groups excluding carboxylic acids is 2. The number of rotatable bonds is 11. The van der Waals surface area contributed by atoms with Crippen molar-refractivity contribution in [1.29, 1.82) is 0 Å². The Morgan fingerprint density at radius 2 is 1.58 bits per heavy atom. The molecular weight excluding hydrogens is 483 g/mol. The Hall–Kier alpha value is -4.00. The molecule has 0 bridgehead atoms. The minimum atomic E-state index is -1.28. The van der Waals surface area contributed by atoms with Crippen LogP contribution in [0.5, 0.6) is 0 Å². The fourth-order valence-electron chi connectivity index (χ4n) is 4.69. The summed E-state index contributed by atoms with van der Waals surface area (Å²) in [6.45, 7) is 7.78. The summed E-state index contributed by atoms with van der Waals surface area (Å²) in [7, 11) is 0. The molecule has 6 nitrogen and oxygen atoms in total. The van der Waals surface area contributed by atoms with Gasteiger partial charge in [0.25, 0.3) is 5.91 Å². The van der Waals surface area contributed by atoms with E-state index < -0.39 is 29.4 Å². The molecule has 1 atom stereocenters. The van der Waals surface area contributed by atoms with Crippen LogP contribution >= 0.6 is 0 Å². The Labute approximate surface area is 223 Å². The molecular formula is C31H35FN2O4. The van der Waals surface area contributed by atoms with Gasteiger partial charge >= 0.3 is 5.97 Å². The molecule has 0 heterocycles. The molecule has 0 spiro atoms. The van der Waals surface area contributed by atoms with Crippen LogP contribution in [0.4, 0.5) is 4.39 Å². The van der Waals surface area contributed by atoms with Gasteiger partial charge in [-0.05, 0) is 79.1 Å². The van der Waals surface area contributed by atoms with E-state index in [-0.39, 0.29) is 25.1 Å². The standard InChI is InChI=1S/C31H35FN2O4/c1-20(2)24-6-5-7-25(18-24)22-10-12-23(13-11-22)29(36)34(27(30(37)38)16-17-28(33)35)31(3,4)19-21-8-14-26(32)15-9-21/h5-15,18,20,27H,16-17,19H2,1-4H3,(H2,33,35)(H,37,38)/t27-/m0/s1. The van der Waals surface area contributed by atoms with Crippen molar-refractivity contribution in [3.8, 4) is 11.1 Å². The Kier molecular flexibility index (Phi) is 9.04. The number of carboxylic acids is 1. The lowest BCUT2D eigenvalue weighted by Gasteiger charge is -2.42. The van der Waals surface area contributed by atoms with Gasteiger partial charge in [-0.3, -0.25) is 9.59 Å². The first-order valence-corrected chi connectivity index (χ1v) is 12.7. The number of carbonyl (C=O) groups is 3. The van der Waals surface area contributed by atoms with Gasteiger partial charge in [-0.15, -0.1) is 0 Å². The molecule has 38 heavy (non-hydrogen) atoms. The molecule has 0 saturated carbocycles. The number of nitrogens with zero attached hydrogens (tertiary/aromatic N) is 1. The number of carboxylic acid groups (broad SMARTS) is 1. The highest BCUT2D eigenvalue weighted by atomic mass is 19.1. The van der Waals surface area contributed by atoms with E-state index in [1.165, 1.54) is 22.6 Å². The summed E-state index contributed by atoms with van der Waals surface area (Å²) in [5.74, 6) is -2.36. The van der Waals surface area contributed by atoms with E-state index in [2.05, 4.69) is 26.0 Å². The molecule has 0 unspecified atom stereocenters. The first-order valence-electron chi connectivity index (χ1n) is 12.7. The van der Waals surface area contributed by atoms with Gasteiger partial charge in [0.15, 0.2) is 0 Å². The second kappa shape index (κ2) is 12.0. The predicted octanol–water partition coefficient (Wildman–Crippen LogP) is 5.80. The van der Waals surface area contributed by atoms with Crippen LogP contribution < -0.4 is 5.73 Å². The second-order valence-corrected chi connectivity index (χ2v) is 10.5. The van der Waals surface area contributed by atoms with Crippen molar-refractivity contribution in [2.45, 2.75) is 64.5 Å². The maximum Gasteiger partial charge on any atom is 0.326 e. The molecule has 3 rings (SSSR count). The third-order valence-electron chi connectivity index (χ3n) is 6.70. The number of halogens is 1. The van der Waals surface area contributed by atoms with Crippen molar-refractivity contribution in [2.24, 2.45) is 5.73 Å². The van der Waals surface area contributed by atoms with Crippen LogP contribution in [0.15, 0.2) is 72.8 Å². The summed E-state index contributed by atoms with van der Waals surface area (Å²) in [6.07, 6.45) is -0.0265. The number of benzene rings is 3. The van der Waals surface area contributed by atoms with Gasteiger partial charge in [0.05, 0.1) is 0 Å². The van der Waals surface area contributed by atoms with Crippen LogP contribution in [0, 0.1) is 5.82 Å². The third-order valence-corrected chi connectivity index (χ3v) is 6.70. The van der Waals surface area contributed by atoms with Gasteiger partial charge in [0.1, 0.15) is 11.9 Å². The smallest absolute Gasteiger partial charge is 0.326 e. The van der Waals surface area contributed by atoms with Gasteiger partial charge in [0.2, 0.25) is 5.91 Å². The molecule has 0 aromatic heterocycles. The summed E-state index contributed by atoms with van der Waals surface area (Å²) < 4.78 is 13.5. The molecule has 7 heteroatoms. The SMILES string of the molecule is CC(C)c1cccc(-c2ccc(C(=O)N([C@@H](CCC(N)=O)C(=O)O)C(C)(C)Cc3ccc(F)cc3)cc2)c1. The lowest BCUT2D eigenvalue weighted by molar-refractivity contribution is -0.144. The molecule has 0 aliphatic carbocycles. The third kappa shape index (κ3) is 7.06. The first kappa shape index (κ1) is 28.6. The monoisotopic (exact) mass is 518 g/mol. The molecule has 0 fully saturated rings. The molecule has 0 aliphatic heterocycles. The Morgan fingerprint density at radius 1 is 0.947 bits per heavy atom. The molecule has 0 radical (unpaired) electrons. The van der Waals surface area contributed by atoms with Crippen LogP contribution in [0.25, 0.3) is 11.1 Å². The highest BCUT2D eigenvalue weighted by Gasteiger charge is 2.40. The van der Waals surface area contributed by atoms with Crippen LogP contribution in [-0.4, -0.2) is 39.4 Å². The number of aliphatic carboxylic acids is 1. The molecule has 3 aromatic rings. The van der Waals surface area contributed by atoms with Crippen molar-refractivity contribution < 1.29 is 23.9 Å². The predicted molar refractivity (Wildman–Crippen MR) is 146 cm³/mol. The highest BCUT2D eigenvalue weighted by Crippen LogP contribution is 2.29. The largest absolute Gasteiger partial charge is 0.480 e. The van der Waals surface area contributed by atoms with E-state index in [1.54, 1.807) is 38.1 Å². The fraction of sp³-hybridized carbons (Fsp3) is 0.323. The average Bonchev–Trinajstić information content (AvgIpc) is 2.87. The second-order valence-electron chi connectivity index (χ2n) is 10.5. The van der Waals surface area contributed by atoms with Gasteiger partial charge in [0, 0.05) is 17.5 Å². The summed E-state index contributed by atoms with van der Waals surface area (Å²) >= 11 is 0. The summed E-state index contributed by atoms with van der Waals surface area (Å²) in [5, 5.41) is 10.1. The normalized spacial score (nSPS) is 12.3. The highest BCUT2D eigenvalue weighted by molar-refractivity contribution is 5.97. The Bertz CT molecular complexity index is 1280. The van der Waals surface area contributed by atoms with E-state index in [9.17, 15) is 23.9 Å². The minimum Gasteiger partial charge on any atom is -0.480 e. The molecule has 3 aromatic carbocycles. The summed E-state index contributed by atoms with van der Waals surface area (Å²) in [6, 6.07) is 19.8. The zero-order valence-electron chi connectivity index (χ0n) is 22.3. The van der Waals surface area contributed by atoms with Crippen molar-refractivity contribution in [3.05, 3.63) is 95.3 Å². The lowest BCUT2D eigenvalue weighted by atomic mass is 9.89. The van der Waals surface area contributed by atoms with Crippen LogP contribution in [0.2, 0.25) is 0 Å². The minimum absolute atomic E-state index is 0.122. The van der Waals surface area contributed by atoms with Gasteiger partial charge in [-0.2, -0.15) is 0 Å². The van der Waals surface area contributed by atoms with Crippen molar-refractivity contribution in [1.82, 2.24) is 4.90 Å². The summed E-state index contributed by atoms with van der Waals surface area (Å²) in [4.78, 5) is 39.1. The number of hydrogen-bond acceptors (Lipinski definition) is 3. The van der Waals surface area contributed by atoms with E-state index in [0.29, 0.717) is 11.5 Å². The number of hydrogen-bond donors (Lipinski definition) is 2. The fourth-order valence-corrected chi connectivity index (χ4v) is 4.69. The van der Waals surface area contributed by atoms with Crippen molar-refractivity contribution >= 4 is 17.8 Å². The molecule has 0 aliphatic rings. The molecule has 0 saturated heterocycles. The number of primary amides is 1. The Balaban J connectivity index is 1.99. The van der Waals surface area contributed by atoms with Crippen molar-refractivity contribution in [3.63, 3.8) is 0 Å². The maximum absolute atomic E-state index is 13.9. The van der Waals surface area contributed by atoms with E-state index in [0.717, 1.165) is 16.7 Å². The zero-order chi connectivity index (χ0) is 28.0. The molecule has 200 valence electrons. The lowest BCUT2D eigenvalue weighted by Crippen LogP contribution is -2.57.